The molecule has 4 aromatic rings. The van der Waals surface area contributed by atoms with Gasteiger partial charge >= 0.3 is 0 Å². The molecule has 0 radical (unpaired) electrons. The van der Waals surface area contributed by atoms with Crippen LogP contribution in [0.3, 0.4) is 0 Å². The zero-order chi connectivity index (χ0) is 28.8. The summed E-state index contributed by atoms with van der Waals surface area (Å²) in [5, 5.41) is 42.4. The van der Waals surface area contributed by atoms with Gasteiger partial charge in [-0.3, -0.25) is 0 Å². The standard InChI is InChI=1S/C32H31I3O4/c1-15-6-20(11-26(33)31(15)38)9-24-18(4)22(7-16(2)29(24)36)14-23-8-17(3)30(37)25(19(23)5)10-21-12-27(34)32(39)28(35)13-21/h6-8,11-13,36-39H,9-10,14H2,1-5H3. The van der Waals surface area contributed by atoms with Gasteiger partial charge in [0.1, 0.15) is 23.0 Å². The molecule has 204 valence electrons. The van der Waals surface area contributed by atoms with Crippen molar-refractivity contribution >= 4 is 67.8 Å². The summed E-state index contributed by atoms with van der Waals surface area (Å²) in [5.41, 5.74) is 10.7. The van der Waals surface area contributed by atoms with Gasteiger partial charge in [0.25, 0.3) is 0 Å². The molecule has 4 N–H and O–H groups in total. The lowest BCUT2D eigenvalue weighted by Gasteiger charge is -2.20. The van der Waals surface area contributed by atoms with Crippen LogP contribution in [0.25, 0.3) is 0 Å². The monoisotopic (exact) mass is 860 g/mol. The summed E-state index contributed by atoms with van der Waals surface area (Å²) in [6.45, 7) is 9.88. The predicted octanol–water partition coefficient (Wildman–Crippen LogP) is 8.64. The topological polar surface area (TPSA) is 80.9 Å². The number of benzene rings is 4. The predicted molar refractivity (Wildman–Crippen MR) is 183 cm³/mol. The summed E-state index contributed by atoms with van der Waals surface area (Å²) < 4.78 is 2.38. The Hall–Kier alpha value is -1.73. The molecule has 0 amide bonds. The number of hydrogen-bond donors (Lipinski definition) is 4. The molecule has 0 saturated heterocycles. The van der Waals surface area contributed by atoms with Gasteiger partial charge in [-0.2, -0.15) is 0 Å². The molecule has 0 aliphatic rings. The number of phenolic OH excluding ortho intramolecular Hbond substituents is 4. The molecule has 0 bridgehead atoms. The van der Waals surface area contributed by atoms with Crippen molar-refractivity contribution < 1.29 is 20.4 Å². The smallest absolute Gasteiger partial charge is 0.142 e. The van der Waals surface area contributed by atoms with E-state index in [1.165, 1.54) is 0 Å². The van der Waals surface area contributed by atoms with Crippen LogP contribution in [0.5, 0.6) is 23.0 Å². The molecular formula is C32H31I3O4. The van der Waals surface area contributed by atoms with E-state index in [0.29, 0.717) is 36.5 Å². The maximum absolute atomic E-state index is 11.0. The first-order chi connectivity index (χ1) is 18.3. The first-order valence-electron chi connectivity index (χ1n) is 12.5. The van der Waals surface area contributed by atoms with Gasteiger partial charge < -0.3 is 20.4 Å². The second-order valence-corrected chi connectivity index (χ2v) is 13.8. The van der Waals surface area contributed by atoms with Crippen LogP contribution in [-0.4, -0.2) is 20.4 Å². The van der Waals surface area contributed by atoms with Crippen molar-refractivity contribution in [2.75, 3.05) is 0 Å². The van der Waals surface area contributed by atoms with Gasteiger partial charge in [-0.25, -0.2) is 0 Å². The van der Waals surface area contributed by atoms with Gasteiger partial charge in [0.2, 0.25) is 0 Å². The quantitative estimate of drug-likeness (QED) is 0.147. The number of hydrogen-bond acceptors (Lipinski definition) is 4. The van der Waals surface area contributed by atoms with Gasteiger partial charge in [-0.1, -0.05) is 18.2 Å². The Balaban J connectivity index is 1.74. The minimum absolute atomic E-state index is 0.289. The minimum atomic E-state index is 0.289. The lowest BCUT2D eigenvalue weighted by Crippen LogP contribution is -2.05. The Labute approximate surface area is 270 Å². The Bertz CT molecular complexity index is 1440. The highest BCUT2D eigenvalue weighted by Gasteiger charge is 2.19. The molecule has 0 fully saturated rings. The molecule has 0 aliphatic heterocycles. The average molecular weight is 860 g/mol. The summed E-state index contributed by atoms with van der Waals surface area (Å²) >= 11 is 6.42. The summed E-state index contributed by atoms with van der Waals surface area (Å²) in [6.07, 6.45) is 1.81. The third-order valence-corrected chi connectivity index (χ3v) is 9.97. The van der Waals surface area contributed by atoms with E-state index in [9.17, 15) is 20.4 Å². The molecule has 4 aromatic carbocycles. The average Bonchev–Trinajstić information content (AvgIpc) is 2.87. The fraction of sp³-hybridized carbons (Fsp3) is 0.250. The molecule has 0 aromatic heterocycles. The first kappa shape index (κ1) is 30.2. The van der Waals surface area contributed by atoms with Crippen molar-refractivity contribution in [3.8, 4) is 23.0 Å². The molecule has 0 unspecified atom stereocenters. The molecule has 0 atom stereocenters. The van der Waals surface area contributed by atoms with E-state index in [0.717, 1.165) is 71.9 Å². The van der Waals surface area contributed by atoms with Gasteiger partial charge in [0, 0.05) is 24.0 Å². The van der Waals surface area contributed by atoms with E-state index in [-0.39, 0.29) is 5.75 Å². The van der Waals surface area contributed by atoms with Gasteiger partial charge in [-0.15, -0.1) is 0 Å². The highest BCUT2D eigenvalue weighted by atomic mass is 127. The lowest BCUT2D eigenvalue weighted by molar-refractivity contribution is 0.463. The maximum Gasteiger partial charge on any atom is 0.142 e. The Morgan fingerprint density at radius 3 is 1.23 bits per heavy atom. The van der Waals surface area contributed by atoms with E-state index in [4.69, 9.17) is 0 Å². The van der Waals surface area contributed by atoms with Gasteiger partial charge in [-0.05, 0) is 177 Å². The maximum atomic E-state index is 11.0. The fourth-order valence-corrected chi connectivity index (χ4v) is 7.86. The Morgan fingerprint density at radius 2 is 0.821 bits per heavy atom. The lowest BCUT2D eigenvalue weighted by atomic mass is 9.86. The van der Waals surface area contributed by atoms with E-state index in [1.807, 2.05) is 45.0 Å². The van der Waals surface area contributed by atoms with E-state index in [1.54, 1.807) is 0 Å². The van der Waals surface area contributed by atoms with Crippen molar-refractivity contribution in [2.45, 2.75) is 53.9 Å². The van der Waals surface area contributed by atoms with Crippen LogP contribution < -0.4 is 0 Å². The third kappa shape index (κ3) is 6.29. The zero-order valence-corrected chi connectivity index (χ0v) is 29.0. The highest BCUT2D eigenvalue weighted by molar-refractivity contribution is 14.1. The summed E-state index contributed by atoms with van der Waals surface area (Å²) in [7, 11) is 0. The van der Waals surface area contributed by atoms with Crippen molar-refractivity contribution in [3.63, 3.8) is 0 Å². The summed E-state index contributed by atoms with van der Waals surface area (Å²) in [4.78, 5) is 0. The SMILES string of the molecule is Cc1cc(Cc2c(C)c(Cc3cc(C)c(O)c(Cc4cc(I)c(O)c(I)c4)c3C)cc(C)c2O)cc(I)c1O. The molecule has 0 heterocycles. The molecule has 0 spiro atoms. The molecule has 39 heavy (non-hydrogen) atoms. The van der Waals surface area contributed by atoms with Crippen LogP contribution in [0, 0.1) is 45.3 Å². The molecule has 4 nitrogen and oxygen atoms in total. The van der Waals surface area contributed by atoms with E-state index >= 15 is 0 Å². The summed E-state index contributed by atoms with van der Waals surface area (Å²) in [6, 6.07) is 12.0. The number of phenols is 4. The minimum Gasteiger partial charge on any atom is -0.507 e. The Morgan fingerprint density at radius 1 is 0.462 bits per heavy atom. The first-order valence-corrected chi connectivity index (χ1v) is 15.8. The van der Waals surface area contributed by atoms with E-state index < -0.39 is 0 Å². The van der Waals surface area contributed by atoms with Crippen molar-refractivity contribution in [1.29, 1.82) is 0 Å². The van der Waals surface area contributed by atoms with Crippen LogP contribution in [0.4, 0.5) is 0 Å². The number of aromatic hydroxyl groups is 4. The van der Waals surface area contributed by atoms with E-state index in [2.05, 4.69) is 93.8 Å². The molecule has 0 saturated carbocycles. The van der Waals surface area contributed by atoms with Crippen molar-refractivity contribution in [2.24, 2.45) is 0 Å². The second-order valence-electron chi connectivity index (χ2n) is 10.3. The number of halogens is 3. The van der Waals surface area contributed by atoms with Crippen LogP contribution >= 0.6 is 67.8 Å². The van der Waals surface area contributed by atoms with Gasteiger partial charge in [0.15, 0.2) is 0 Å². The largest absolute Gasteiger partial charge is 0.507 e. The molecule has 7 heteroatoms. The van der Waals surface area contributed by atoms with Gasteiger partial charge in [0.05, 0.1) is 10.7 Å². The highest BCUT2D eigenvalue weighted by Crippen LogP contribution is 2.37. The fourth-order valence-electron chi connectivity index (χ4n) is 5.14. The summed E-state index contributed by atoms with van der Waals surface area (Å²) in [5.74, 6) is 1.21. The van der Waals surface area contributed by atoms with Crippen molar-refractivity contribution in [1.82, 2.24) is 0 Å². The van der Waals surface area contributed by atoms with Crippen LogP contribution in [0.1, 0.15) is 61.2 Å². The number of rotatable bonds is 6. The normalized spacial score (nSPS) is 11.3. The van der Waals surface area contributed by atoms with Crippen LogP contribution in [-0.2, 0) is 19.3 Å². The molecule has 4 rings (SSSR count). The molecule has 0 aliphatic carbocycles. The molecular weight excluding hydrogens is 829 g/mol. The van der Waals surface area contributed by atoms with Crippen LogP contribution in [0.15, 0.2) is 36.4 Å². The zero-order valence-electron chi connectivity index (χ0n) is 22.5. The second kappa shape index (κ2) is 12.0. The third-order valence-electron chi connectivity index (χ3n) is 7.50. The van der Waals surface area contributed by atoms with Crippen LogP contribution in [0.2, 0.25) is 0 Å². The van der Waals surface area contributed by atoms with Crippen molar-refractivity contribution in [3.05, 3.63) is 108 Å². The number of aryl methyl sites for hydroxylation is 3. The Kier molecular flexibility index (Phi) is 9.32.